The molecule has 0 bridgehead atoms. The van der Waals surface area contributed by atoms with E-state index >= 15 is 0 Å². The highest BCUT2D eigenvalue weighted by Gasteiger charge is 2.33. The lowest BCUT2D eigenvalue weighted by molar-refractivity contribution is 0.170. The van der Waals surface area contributed by atoms with Crippen molar-refractivity contribution in [1.29, 1.82) is 0 Å². The minimum atomic E-state index is 0.492. The van der Waals surface area contributed by atoms with Crippen LogP contribution in [0.2, 0.25) is 0 Å². The van der Waals surface area contributed by atoms with Gasteiger partial charge in [0.25, 0.3) is 0 Å². The molecule has 3 atom stereocenters. The van der Waals surface area contributed by atoms with Gasteiger partial charge in [-0.15, -0.1) is 0 Å². The average molecular weight is 277 g/mol. The van der Waals surface area contributed by atoms with Crippen LogP contribution < -0.4 is 5.32 Å². The molecule has 1 fully saturated rings. The lowest BCUT2D eigenvalue weighted by Gasteiger charge is -2.39. The second-order valence-electron chi connectivity index (χ2n) is 6.90. The Balaban J connectivity index is 2.24. The van der Waals surface area contributed by atoms with Gasteiger partial charge in [0.1, 0.15) is 5.82 Å². The summed E-state index contributed by atoms with van der Waals surface area (Å²) in [5.41, 5.74) is 0. The summed E-state index contributed by atoms with van der Waals surface area (Å²) in [5.74, 6) is 3.36. The average Bonchev–Trinajstić information content (AvgIpc) is 2.88. The van der Waals surface area contributed by atoms with E-state index in [4.69, 9.17) is 0 Å². The van der Waals surface area contributed by atoms with Crippen molar-refractivity contribution < 1.29 is 0 Å². The maximum Gasteiger partial charge on any atom is 0.111 e. The van der Waals surface area contributed by atoms with Crippen LogP contribution >= 0.6 is 0 Å². The van der Waals surface area contributed by atoms with Crippen LogP contribution in [-0.4, -0.2) is 22.1 Å². The van der Waals surface area contributed by atoms with Gasteiger partial charge in [-0.05, 0) is 37.6 Å². The Morgan fingerprint density at radius 3 is 2.65 bits per heavy atom. The number of hydrogen-bond acceptors (Lipinski definition) is 2. The van der Waals surface area contributed by atoms with E-state index in [-0.39, 0.29) is 0 Å². The van der Waals surface area contributed by atoms with Crippen molar-refractivity contribution in [2.75, 3.05) is 6.54 Å². The Morgan fingerprint density at radius 2 is 2.05 bits per heavy atom. The molecule has 3 heteroatoms. The number of rotatable bonds is 5. The Labute approximate surface area is 124 Å². The highest BCUT2D eigenvalue weighted by Crippen LogP contribution is 2.37. The molecule has 0 aromatic carbocycles. The number of aromatic nitrogens is 2. The molecule has 114 valence electrons. The molecular formula is C17H31N3. The Hall–Kier alpha value is -0.830. The van der Waals surface area contributed by atoms with Gasteiger partial charge in [0, 0.05) is 24.4 Å². The van der Waals surface area contributed by atoms with Crippen LogP contribution in [0.1, 0.15) is 71.7 Å². The zero-order chi connectivity index (χ0) is 14.7. The molecule has 1 aromatic heterocycles. The Kier molecular flexibility index (Phi) is 5.25. The summed E-state index contributed by atoms with van der Waals surface area (Å²) in [7, 11) is 0. The molecule has 1 aromatic rings. The molecule has 1 saturated carbocycles. The molecule has 1 aliphatic carbocycles. The molecular weight excluding hydrogens is 246 g/mol. The quantitative estimate of drug-likeness (QED) is 0.882. The van der Waals surface area contributed by atoms with Crippen molar-refractivity contribution in [3.05, 3.63) is 18.2 Å². The topological polar surface area (TPSA) is 29.9 Å². The maximum absolute atomic E-state index is 4.59. The SMILES string of the molecule is CCNC1CCC(C(C)C)CC1n1ccnc1C(C)C. The maximum atomic E-state index is 4.59. The Morgan fingerprint density at radius 1 is 1.30 bits per heavy atom. The number of nitrogens with zero attached hydrogens (tertiary/aromatic N) is 2. The lowest BCUT2D eigenvalue weighted by atomic mass is 9.76. The standard InChI is InChI=1S/C17H31N3/c1-6-18-15-8-7-14(12(2)3)11-16(15)20-10-9-19-17(20)13(4)5/h9-10,12-16,18H,6-8,11H2,1-5H3. The summed E-state index contributed by atoms with van der Waals surface area (Å²) in [6, 6.07) is 1.16. The second kappa shape index (κ2) is 6.75. The van der Waals surface area contributed by atoms with Crippen molar-refractivity contribution in [3.63, 3.8) is 0 Å². The molecule has 20 heavy (non-hydrogen) atoms. The van der Waals surface area contributed by atoms with Gasteiger partial charge < -0.3 is 9.88 Å². The van der Waals surface area contributed by atoms with Crippen LogP contribution in [0.25, 0.3) is 0 Å². The van der Waals surface area contributed by atoms with Gasteiger partial charge in [-0.1, -0.05) is 34.6 Å². The molecule has 2 rings (SSSR count). The number of likely N-dealkylation sites (N-methyl/N-ethyl adjacent to an activating group) is 1. The smallest absolute Gasteiger partial charge is 0.111 e. The van der Waals surface area contributed by atoms with Crippen molar-refractivity contribution in [3.8, 4) is 0 Å². The normalized spacial score (nSPS) is 27.4. The van der Waals surface area contributed by atoms with Gasteiger partial charge in [0.2, 0.25) is 0 Å². The molecule has 1 heterocycles. The van der Waals surface area contributed by atoms with Gasteiger partial charge in [-0.2, -0.15) is 0 Å². The minimum Gasteiger partial charge on any atom is -0.330 e. The summed E-state index contributed by atoms with van der Waals surface area (Å²) in [6.07, 6.45) is 8.09. The van der Waals surface area contributed by atoms with E-state index in [0.717, 1.165) is 18.4 Å². The van der Waals surface area contributed by atoms with Crippen LogP contribution in [0.3, 0.4) is 0 Å². The summed E-state index contributed by atoms with van der Waals surface area (Å²) >= 11 is 0. The molecule has 0 radical (unpaired) electrons. The van der Waals surface area contributed by atoms with Crippen LogP contribution in [-0.2, 0) is 0 Å². The van der Waals surface area contributed by atoms with Gasteiger partial charge in [-0.25, -0.2) is 4.98 Å². The van der Waals surface area contributed by atoms with Crippen LogP contribution in [0.4, 0.5) is 0 Å². The fourth-order valence-corrected chi connectivity index (χ4v) is 3.64. The molecule has 3 unspecified atom stereocenters. The molecule has 0 saturated heterocycles. The first-order valence-corrected chi connectivity index (χ1v) is 8.30. The van der Waals surface area contributed by atoms with E-state index < -0.39 is 0 Å². The monoisotopic (exact) mass is 277 g/mol. The van der Waals surface area contributed by atoms with Gasteiger partial charge in [0.15, 0.2) is 0 Å². The van der Waals surface area contributed by atoms with Crippen molar-refractivity contribution in [2.45, 2.75) is 71.9 Å². The van der Waals surface area contributed by atoms with E-state index in [1.165, 1.54) is 25.1 Å². The van der Waals surface area contributed by atoms with Crippen molar-refractivity contribution >= 4 is 0 Å². The van der Waals surface area contributed by atoms with Gasteiger partial charge in [0.05, 0.1) is 6.04 Å². The molecule has 3 nitrogen and oxygen atoms in total. The zero-order valence-electron chi connectivity index (χ0n) is 13.8. The number of imidazole rings is 1. The first-order chi connectivity index (χ1) is 9.54. The first-order valence-electron chi connectivity index (χ1n) is 8.30. The summed E-state index contributed by atoms with van der Waals surface area (Å²) in [5, 5.41) is 3.70. The number of hydrogen-bond donors (Lipinski definition) is 1. The largest absolute Gasteiger partial charge is 0.330 e. The fourth-order valence-electron chi connectivity index (χ4n) is 3.64. The minimum absolute atomic E-state index is 0.492. The summed E-state index contributed by atoms with van der Waals surface area (Å²) in [4.78, 5) is 4.59. The predicted molar refractivity (Wildman–Crippen MR) is 85.0 cm³/mol. The first kappa shape index (κ1) is 15.6. The summed E-state index contributed by atoms with van der Waals surface area (Å²) in [6.45, 7) is 12.5. The highest BCUT2D eigenvalue weighted by molar-refractivity contribution is 5.03. The second-order valence-corrected chi connectivity index (χ2v) is 6.90. The lowest BCUT2D eigenvalue weighted by Crippen LogP contribution is -2.43. The third-order valence-corrected chi connectivity index (χ3v) is 4.84. The van der Waals surface area contributed by atoms with Crippen LogP contribution in [0.15, 0.2) is 12.4 Å². The molecule has 1 aliphatic rings. The summed E-state index contributed by atoms with van der Waals surface area (Å²) < 4.78 is 2.45. The van der Waals surface area contributed by atoms with E-state index in [1.54, 1.807) is 0 Å². The van der Waals surface area contributed by atoms with E-state index in [9.17, 15) is 0 Å². The Bertz CT molecular complexity index is 408. The third-order valence-electron chi connectivity index (χ3n) is 4.84. The van der Waals surface area contributed by atoms with Gasteiger partial charge in [-0.3, -0.25) is 0 Å². The fraction of sp³-hybridized carbons (Fsp3) is 0.824. The van der Waals surface area contributed by atoms with E-state index in [0.29, 0.717) is 18.0 Å². The van der Waals surface area contributed by atoms with Gasteiger partial charge >= 0.3 is 0 Å². The third kappa shape index (κ3) is 3.25. The van der Waals surface area contributed by atoms with Crippen molar-refractivity contribution in [2.24, 2.45) is 11.8 Å². The van der Waals surface area contributed by atoms with Crippen LogP contribution in [0, 0.1) is 11.8 Å². The molecule has 0 spiro atoms. The zero-order valence-corrected chi connectivity index (χ0v) is 13.8. The van der Waals surface area contributed by atoms with Crippen LogP contribution in [0.5, 0.6) is 0 Å². The van der Waals surface area contributed by atoms with E-state index in [2.05, 4.69) is 55.7 Å². The predicted octanol–water partition coefficient (Wildman–Crippen LogP) is 3.98. The number of nitrogens with one attached hydrogen (secondary N) is 1. The molecule has 0 amide bonds. The van der Waals surface area contributed by atoms with Crippen molar-refractivity contribution in [1.82, 2.24) is 14.9 Å². The van der Waals surface area contributed by atoms with E-state index in [1.807, 2.05) is 6.20 Å². The highest BCUT2D eigenvalue weighted by atomic mass is 15.1. The molecule has 1 N–H and O–H groups in total. The molecule has 0 aliphatic heterocycles.